The van der Waals surface area contributed by atoms with Gasteiger partial charge in [0.05, 0.1) is 23.1 Å². The Bertz CT molecular complexity index is 955. The Kier molecular flexibility index (Phi) is 4.77. The van der Waals surface area contributed by atoms with Gasteiger partial charge in [0.25, 0.3) is 0 Å². The van der Waals surface area contributed by atoms with Crippen molar-refractivity contribution in [1.82, 2.24) is 19.8 Å². The standard InChI is InChI=1S/C21H23ClF3N5/c22-15-1-2-16(23)19-18(15)27-17(28-19)10-29-8-13-7-14(9-29)30(13)12-20(11-26)3-5-21(24,25)6-4-20/h1-2,13-14H,3-10,12H2,(H,27,28). The van der Waals surface area contributed by atoms with Gasteiger partial charge in [-0.05, 0) is 31.4 Å². The van der Waals surface area contributed by atoms with Crippen LogP contribution in [0.4, 0.5) is 13.2 Å². The van der Waals surface area contributed by atoms with Crippen molar-refractivity contribution in [3.8, 4) is 6.07 Å². The predicted molar refractivity (Wildman–Crippen MR) is 107 cm³/mol. The molecule has 1 N–H and O–H groups in total. The van der Waals surface area contributed by atoms with Gasteiger partial charge >= 0.3 is 0 Å². The number of hydrogen-bond donors (Lipinski definition) is 1. The molecule has 9 heteroatoms. The van der Waals surface area contributed by atoms with Crippen LogP contribution in [0.3, 0.4) is 0 Å². The van der Waals surface area contributed by atoms with E-state index in [1.54, 1.807) is 0 Å². The first kappa shape index (κ1) is 20.1. The molecule has 3 saturated heterocycles. The molecule has 5 nitrogen and oxygen atoms in total. The molecule has 2 bridgehead atoms. The summed E-state index contributed by atoms with van der Waals surface area (Å²) in [6.45, 7) is 2.79. The number of halogens is 4. The van der Waals surface area contributed by atoms with Gasteiger partial charge in [0.1, 0.15) is 22.7 Å². The van der Waals surface area contributed by atoms with E-state index in [0.29, 0.717) is 47.1 Å². The number of aromatic amines is 1. The van der Waals surface area contributed by atoms with Crippen molar-refractivity contribution < 1.29 is 13.2 Å². The number of imidazole rings is 1. The van der Waals surface area contributed by atoms with E-state index in [2.05, 4.69) is 25.8 Å². The first-order valence-electron chi connectivity index (χ1n) is 10.4. The van der Waals surface area contributed by atoms with Crippen LogP contribution >= 0.6 is 11.6 Å². The average molecular weight is 438 g/mol. The van der Waals surface area contributed by atoms with Gasteiger partial charge < -0.3 is 4.98 Å². The van der Waals surface area contributed by atoms with E-state index < -0.39 is 11.3 Å². The summed E-state index contributed by atoms with van der Waals surface area (Å²) in [6, 6.07) is 5.84. The molecule has 2 aromatic rings. The summed E-state index contributed by atoms with van der Waals surface area (Å²) in [4.78, 5) is 12.1. The molecule has 1 aromatic heterocycles. The molecule has 3 aliphatic heterocycles. The zero-order chi connectivity index (χ0) is 21.1. The minimum Gasteiger partial charge on any atom is -0.338 e. The third-order valence-electron chi connectivity index (χ3n) is 7.05. The van der Waals surface area contributed by atoms with E-state index in [-0.39, 0.29) is 31.5 Å². The molecule has 6 rings (SSSR count). The van der Waals surface area contributed by atoms with Crippen molar-refractivity contribution in [2.24, 2.45) is 5.41 Å². The molecule has 1 aromatic carbocycles. The van der Waals surface area contributed by atoms with Gasteiger partial charge in [-0.2, -0.15) is 5.26 Å². The van der Waals surface area contributed by atoms with Gasteiger partial charge in [0, 0.05) is 44.6 Å². The van der Waals surface area contributed by atoms with Crippen LogP contribution in [-0.2, 0) is 6.54 Å². The Balaban J connectivity index is 1.23. The number of piperidine rings is 1. The van der Waals surface area contributed by atoms with Crippen LogP contribution in [-0.4, -0.2) is 57.4 Å². The van der Waals surface area contributed by atoms with Gasteiger partial charge in [-0.15, -0.1) is 0 Å². The summed E-state index contributed by atoms with van der Waals surface area (Å²) in [5.41, 5.74) is 0.111. The first-order chi connectivity index (χ1) is 14.3. The summed E-state index contributed by atoms with van der Waals surface area (Å²) in [6.07, 6.45) is 1.21. The smallest absolute Gasteiger partial charge is 0.248 e. The molecule has 4 fully saturated rings. The number of hydrogen-bond acceptors (Lipinski definition) is 4. The lowest BCUT2D eigenvalue weighted by molar-refractivity contribution is -0.107. The summed E-state index contributed by atoms with van der Waals surface area (Å²) < 4.78 is 41.1. The summed E-state index contributed by atoms with van der Waals surface area (Å²) >= 11 is 6.13. The summed E-state index contributed by atoms with van der Waals surface area (Å²) in [5.74, 6) is -2.33. The van der Waals surface area contributed by atoms with Gasteiger partial charge in [0.15, 0.2) is 0 Å². The average Bonchev–Trinajstić information content (AvgIpc) is 3.15. The number of rotatable bonds is 4. The van der Waals surface area contributed by atoms with Crippen LogP contribution in [0.2, 0.25) is 5.02 Å². The lowest BCUT2D eigenvalue weighted by Gasteiger charge is -2.58. The summed E-state index contributed by atoms with van der Waals surface area (Å²) in [7, 11) is 0. The molecule has 0 spiro atoms. The SMILES string of the molecule is N#CC1(CN2C3CC2CN(Cc2nc4c(Cl)ccc(F)c4[nH]2)C3)CCC(F)(F)CC1. The highest BCUT2D eigenvalue weighted by atomic mass is 35.5. The van der Waals surface area contributed by atoms with Crippen molar-refractivity contribution in [3.63, 3.8) is 0 Å². The maximum absolute atomic E-state index is 14.0. The summed E-state index contributed by atoms with van der Waals surface area (Å²) in [5, 5.41) is 10.1. The van der Waals surface area contributed by atoms with Crippen molar-refractivity contribution in [3.05, 3.63) is 28.8 Å². The van der Waals surface area contributed by atoms with Crippen molar-refractivity contribution in [2.75, 3.05) is 19.6 Å². The van der Waals surface area contributed by atoms with Crippen LogP contribution in [0.1, 0.15) is 37.9 Å². The van der Waals surface area contributed by atoms with E-state index >= 15 is 0 Å². The molecular weight excluding hydrogens is 415 g/mol. The molecule has 1 saturated carbocycles. The maximum atomic E-state index is 14.0. The lowest BCUT2D eigenvalue weighted by Crippen LogP contribution is -2.70. The molecule has 2 atom stereocenters. The lowest BCUT2D eigenvalue weighted by atomic mass is 9.71. The van der Waals surface area contributed by atoms with Crippen molar-refractivity contribution in [1.29, 1.82) is 5.26 Å². The van der Waals surface area contributed by atoms with Gasteiger partial charge in [-0.25, -0.2) is 18.2 Å². The van der Waals surface area contributed by atoms with Crippen LogP contribution in [0.15, 0.2) is 12.1 Å². The molecule has 0 amide bonds. The third kappa shape index (κ3) is 3.47. The zero-order valence-electron chi connectivity index (χ0n) is 16.5. The van der Waals surface area contributed by atoms with Crippen molar-refractivity contribution in [2.45, 2.75) is 56.7 Å². The molecule has 30 heavy (non-hydrogen) atoms. The second-order valence-corrected chi connectivity index (χ2v) is 9.50. The first-order valence-corrected chi connectivity index (χ1v) is 10.8. The largest absolute Gasteiger partial charge is 0.338 e. The van der Waals surface area contributed by atoms with E-state index in [0.717, 1.165) is 19.5 Å². The van der Waals surface area contributed by atoms with Gasteiger partial charge in [-0.1, -0.05) is 11.6 Å². The van der Waals surface area contributed by atoms with Gasteiger partial charge in [-0.3, -0.25) is 9.80 Å². The molecule has 4 heterocycles. The number of benzene rings is 1. The number of piperazine rings is 1. The molecule has 2 unspecified atom stereocenters. The highest BCUT2D eigenvalue weighted by Gasteiger charge is 2.50. The minimum atomic E-state index is -2.63. The minimum absolute atomic E-state index is 0.193. The highest BCUT2D eigenvalue weighted by Crippen LogP contribution is 2.46. The number of nitrogens with one attached hydrogen (secondary N) is 1. The second-order valence-electron chi connectivity index (χ2n) is 9.09. The Morgan fingerprint density at radius 3 is 2.53 bits per heavy atom. The zero-order valence-corrected chi connectivity index (χ0v) is 17.2. The molecule has 1 aliphatic carbocycles. The number of nitriles is 1. The van der Waals surface area contributed by atoms with Crippen molar-refractivity contribution >= 4 is 22.6 Å². The normalized spacial score (nSPS) is 28.2. The van der Waals surface area contributed by atoms with Crippen LogP contribution < -0.4 is 0 Å². The monoisotopic (exact) mass is 437 g/mol. The molecular formula is C21H23ClF3N5. The predicted octanol–water partition coefficient (Wildman–Crippen LogP) is 4.33. The third-order valence-corrected chi connectivity index (χ3v) is 7.35. The van der Waals surface area contributed by atoms with Crippen LogP contribution in [0.5, 0.6) is 0 Å². The van der Waals surface area contributed by atoms with E-state index in [4.69, 9.17) is 11.6 Å². The number of fused-ring (bicyclic) bond motifs is 3. The fourth-order valence-corrected chi connectivity index (χ4v) is 5.47. The van der Waals surface area contributed by atoms with E-state index in [1.165, 1.54) is 12.1 Å². The van der Waals surface area contributed by atoms with Gasteiger partial charge in [0.2, 0.25) is 5.92 Å². The Morgan fingerprint density at radius 2 is 1.90 bits per heavy atom. The second kappa shape index (κ2) is 7.11. The molecule has 160 valence electrons. The quantitative estimate of drug-likeness (QED) is 0.773. The van der Waals surface area contributed by atoms with E-state index in [1.807, 2.05) is 0 Å². The topological polar surface area (TPSA) is 59.0 Å². The number of aromatic nitrogens is 2. The Labute approximate surface area is 177 Å². The van der Waals surface area contributed by atoms with Crippen LogP contribution in [0, 0.1) is 22.6 Å². The number of alkyl halides is 2. The molecule has 4 aliphatic rings. The maximum Gasteiger partial charge on any atom is 0.248 e. The van der Waals surface area contributed by atoms with E-state index in [9.17, 15) is 18.4 Å². The fourth-order valence-electron chi connectivity index (χ4n) is 5.27. The Hall–Kier alpha value is -1.82. The van der Waals surface area contributed by atoms with Crippen LogP contribution in [0.25, 0.3) is 11.0 Å². The number of H-pyrrole nitrogens is 1. The Morgan fingerprint density at radius 1 is 1.20 bits per heavy atom. The number of nitrogens with zero attached hydrogens (tertiary/aromatic N) is 4. The highest BCUT2D eigenvalue weighted by molar-refractivity contribution is 6.34. The molecule has 0 radical (unpaired) electrons. The fraction of sp³-hybridized carbons (Fsp3) is 0.619.